The van der Waals surface area contributed by atoms with Crippen molar-refractivity contribution in [2.24, 2.45) is 5.41 Å². The smallest absolute Gasteiger partial charge is 0.311 e. The first-order valence-corrected chi connectivity index (χ1v) is 6.59. The van der Waals surface area contributed by atoms with Crippen molar-refractivity contribution in [2.75, 3.05) is 0 Å². The number of carboxylic acid groups (broad SMARTS) is 1. The zero-order valence-corrected chi connectivity index (χ0v) is 11.5. The van der Waals surface area contributed by atoms with Crippen LogP contribution >= 0.6 is 0 Å². The number of nitrogens with zero attached hydrogens (tertiary/aromatic N) is 4. The topological polar surface area (TPSA) is 94.0 Å². The molecule has 1 aliphatic carbocycles. The lowest BCUT2D eigenvalue weighted by Crippen LogP contribution is -2.42. The predicted octanol–water partition coefficient (Wildman–Crippen LogP) is 1.80. The average molecular weight is 276 g/mol. The third kappa shape index (κ3) is 1.90. The van der Waals surface area contributed by atoms with Crippen LogP contribution in [-0.4, -0.2) is 31.3 Å². The van der Waals surface area contributed by atoms with Crippen molar-refractivity contribution in [3.8, 4) is 11.4 Å². The first-order chi connectivity index (χ1) is 9.52. The molecule has 0 aromatic carbocycles. The lowest BCUT2D eigenvalue weighted by atomic mass is 9.69. The molecular weight excluding hydrogens is 260 g/mol. The molecule has 2 aromatic heterocycles. The van der Waals surface area contributed by atoms with E-state index < -0.39 is 11.4 Å². The van der Waals surface area contributed by atoms with Crippen molar-refractivity contribution in [3.05, 3.63) is 17.6 Å². The minimum atomic E-state index is -0.773. The molecule has 0 bridgehead atoms. The maximum absolute atomic E-state index is 11.4. The van der Waals surface area contributed by atoms with Crippen LogP contribution < -0.4 is 0 Å². The summed E-state index contributed by atoms with van der Waals surface area (Å²) in [4.78, 5) is 11.4. The Labute approximate surface area is 115 Å². The van der Waals surface area contributed by atoms with E-state index in [0.29, 0.717) is 25.2 Å². The summed E-state index contributed by atoms with van der Waals surface area (Å²) in [6.07, 6.45) is 2.28. The van der Waals surface area contributed by atoms with E-state index in [9.17, 15) is 9.90 Å². The third-order valence-electron chi connectivity index (χ3n) is 4.03. The largest absolute Gasteiger partial charge is 0.481 e. The van der Waals surface area contributed by atoms with Crippen LogP contribution in [0.25, 0.3) is 11.4 Å². The van der Waals surface area contributed by atoms with Crippen LogP contribution in [0.2, 0.25) is 0 Å². The summed E-state index contributed by atoms with van der Waals surface area (Å²) >= 11 is 0. The number of furan rings is 1. The third-order valence-corrected chi connectivity index (χ3v) is 4.03. The number of hydrogen-bond donors (Lipinski definition) is 1. The van der Waals surface area contributed by atoms with Gasteiger partial charge in [0.1, 0.15) is 11.5 Å². The Morgan fingerprint density at radius 1 is 1.50 bits per heavy atom. The molecule has 0 aliphatic heterocycles. The van der Waals surface area contributed by atoms with Gasteiger partial charge in [-0.3, -0.25) is 4.79 Å². The zero-order valence-electron chi connectivity index (χ0n) is 11.5. The van der Waals surface area contributed by atoms with Crippen LogP contribution in [0.3, 0.4) is 0 Å². The number of aromatic nitrogens is 4. The summed E-state index contributed by atoms with van der Waals surface area (Å²) < 4.78 is 7.06. The van der Waals surface area contributed by atoms with Gasteiger partial charge in [0.05, 0.1) is 17.5 Å². The molecule has 0 atom stereocenters. The van der Waals surface area contributed by atoms with Crippen molar-refractivity contribution < 1.29 is 14.3 Å². The van der Waals surface area contributed by atoms with Gasteiger partial charge in [0.25, 0.3) is 0 Å². The maximum Gasteiger partial charge on any atom is 0.311 e. The Morgan fingerprint density at radius 2 is 2.25 bits per heavy atom. The average Bonchev–Trinajstić information content (AvgIpc) is 2.89. The highest BCUT2D eigenvalue weighted by molar-refractivity contribution is 5.75. The highest BCUT2D eigenvalue weighted by atomic mass is 16.4. The Kier molecular flexibility index (Phi) is 2.84. The number of rotatable bonds is 4. The molecule has 1 aliphatic rings. The maximum atomic E-state index is 11.4. The van der Waals surface area contributed by atoms with E-state index in [1.807, 2.05) is 19.9 Å². The van der Waals surface area contributed by atoms with Gasteiger partial charge in [-0.1, -0.05) is 6.42 Å². The Bertz CT molecular complexity index is 654. The molecule has 7 heteroatoms. The normalized spacial score (nSPS) is 16.9. The lowest BCUT2D eigenvalue weighted by molar-refractivity contribution is -0.156. The number of hydrogen-bond acceptors (Lipinski definition) is 5. The number of carboxylic acids is 1. The lowest BCUT2D eigenvalue weighted by Gasteiger charge is -2.37. The molecule has 7 nitrogen and oxygen atoms in total. The minimum Gasteiger partial charge on any atom is -0.481 e. The number of carbonyl (C=O) groups is 1. The van der Waals surface area contributed by atoms with Gasteiger partial charge in [-0.2, -0.15) is 0 Å². The molecule has 0 amide bonds. The second-order valence-corrected chi connectivity index (χ2v) is 5.43. The van der Waals surface area contributed by atoms with E-state index in [1.165, 1.54) is 0 Å². The van der Waals surface area contributed by atoms with Crippen LogP contribution in [0.5, 0.6) is 0 Å². The van der Waals surface area contributed by atoms with Gasteiger partial charge in [0.2, 0.25) is 0 Å². The Hall–Kier alpha value is -2.18. The molecular formula is C13H16N4O3. The van der Waals surface area contributed by atoms with E-state index in [2.05, 4.69) is 15.5 Å². The molecule has 0 unspecified atom stereocenters. The van der Waals surface area contributed by atoms with E-state index in [-0.39, 0.29) is 0 Å². The molecule has 0 radical (unpaired) electrons. The Morgan fingerprint density at radius 3 is 2.75 bits per heavy atom. The van der Waals surface area contributed by atoms with E-state index in [0.717, 1.165) is 23.5 Å². The molecule has 3 rings (SSSR count). The molecule has 2 aromatic rings. The zero-order chi connectivity index (χ0) is 14.3. The van der Waals surface area contributed by atoms with Crippen molar-refractivity contribution in [2.45, 2.75) is 39.7 Å². The van der Waals surface area contributed by atoms with Crippen LogP contribution in [0.4, 0.5) is 0 Å². The highest BCUT2D eigenvalue weighted by Crippen LogP contribution is 2.43. The summed E-state index contributed by atoms with van der Waals surface area (Å²) in [6, 6.07) is 1.87. The van der Waals surface area contributed by atoms with E-state index in [1.54, 1.807) is 4.68 Å². The second-order valence-electron chi connectivity index (χ2n) is 5.43. The first-order valence-electron chi connectivity index (χ1n) is 6.59. The van der Waals surface area contributed by atoms with Gasteiger partial charge in [0.15, 0.2) is 5.82 Å². The second kappa shape index (κ2) is 4.43. The summed E-state index contributed by atoms with van der Waals surface area (Å²) in [5.74, 6) is 1.30. The number of aryl methyl sites for hydroxylation is 2. The molecule has 2 heterocycles. The molecule has 20 heavy (non-hydrogen) atoms. The molecule has 106 valence electrons. The van der Waals surface area contributed by atoms with Crippen molar-refractivity contribution in [1.82, 2.24) is 20.2 Å². The van der Waals surface area contributed by atoms with Gasteiger partial charge in [-0.05, 0) is 43.2 Å². The van der Waals surface area contributed by atoms with Gasteiger partial charge in [-0.15, -0.1) is 5.10 Å². The number of aliphatic carboxylic acids is 1. The summed E-state index contributed by atoms with van der Waals surface area (Å²) in [5.41, 5.74) is 0.0870. The quantitative estimate of drug-likeness (QED) is 0.915. The monoisotopic (exact) mass is 276 g/mol. The standard InChI is InChI=1S/C13H16N4O3/c1-8-6-10(9(2)20-8)11-14-15-16-17(11)7-13(12(18)19)4-3-5-13/h6H,3-5,7H2,1-2H3,(H,18,19). The van der Waals surface area contributed by atoms with Crippen molar-refractivity contribution >= 4 is 5.97 Å². The fourth-order valence-electron chi connectivity index (χ4n) is 2.69. The Balaban J connectivity index is 1.95. The summed E-state index contributed by atoms with van der Waals surface area (Å²) in [7, 11) is 0. The molecule has 0 spiro atoms. The fourth-order valence-corrected chi connectivity index (χ4v) is 2.69. The van der Waals surface area contributed by atoms with E-state index in [4.69, 9.17) is 4.42 Å². The van der Waals surface area contributed by atoms with Gasteiger partial charge in [0, 0.05) is 0 Å². The molecule has 1 saturated carbocycles. The van der Waals surface area contributed by atoms with Gasteiger partial charge < -0.3 is 9.52 Å². The van der Waals surface area contributed by atoms with Gasteiger partial charge >= 0.3 is 5.97 Å². The van der Waals surface area contributed by atoms with Crippen LogP contribution in [-0.2, 0) is 11.3 Å². The van der Waals surface area contributed by atoms with Crippen molar-refractivity contribution in [1.29, 1.82) is 0 Å². The van der Waals surface area contributed by atoms with Crippen LogP contribution in [0.15, 0.2) is 10.5 Å². The van der Waals surface area contributed by atoms with Crippen LogP contribution in [0, 0.1) is 19.3 Å². The first kappa shape index (κ1) is 12.8. The molecule has 0 saturated heterocycles. The predicted molar refractivity (Wildman–Crippen MR) is 68.9 cm³/mol. The van der Waals surface area contributed by atoms with Gasteiger partial charge in [-0.25, -0.2) is 4.68 Å². The van der Waals surface area contributed by atoms with Crippen molar-refractivity contribution in [3.63, 3.8) is 0 Å². The summed E-state index contributed by atoms with van der Waals surface area (Å²) in [5, 5.41) is 21.0. The molecule has 1 fully saturated rings. The minimum absolute atomic E-state index is 0.300. The SMILES string of the molecule is Cc1cc(-c2nnnn2CC2(C(=O)O)CCC2)c(C)o1. The highest BCUT2D eigenvalue weighted by Gasteiger charge is 2.45. The summed E-state index contributed by atoms with van der Waals surface area (Å²) in [6.45, 7) is 4.00. The fraction of sp³-hybridized carbons (Fsp3) is 0.538. The molecule has 1 N–H and O–H groups in total. The number of tetrazole rings is 1. The van der Waals surface area contributed by atoms with E-state index >= 15 is 0 Å². The van der Waals surface area contributed by atoms with Crippen LogP contribution in [0.1, 0.15) is 30.8 Å².